The van der Waals surface area contributed by atoms with E-state index in [1.165, 1.54) is 18.3 Å². The van der Waals surface area contributed by atoms with E-state index in [1.54, 1.807) is 24.3 Å². The van der Waals surface area contributed by atoms with Crippen LogP contribution in [0.3, 0.4) is 0 Å². The van der Waals surface area contributed by atoms with E-state index in [2.05, 4.69) is 10.5 Å². The smallest absolute Gasteiger partial charge is 0.244 e. The lowest BCUT2D eigenvalue weighted by Gasteiger charge is -2.04. The molecule has 0 unspecified atom stereocenters. The highest BCUT2D eigenvalue weighted by Gasteiger charge is 2.08. The van der Waals surface area contributed by atoms with Crippen LogP contribution in [0.25, 0.3) is 0 Å². The quantitative estimate of drug-likeness (QED) is 0.493. The van der Waals surface area contributed by atoms with Crippen LogP contribution in [-0.2, 0) is 11.2 Å². The van der Waals surface area contributed by atoms with E-state index in [0.717, 1.165) is 0 Å². The van der Waals surface area contributed by atoms with Crippen molar-refractivity contribution in [2.24, 2.45) is 5.10 Å². The summed E-state index contributed by atoms with van der Waals surface area (Å²) in [5, 5.41) is 14.1. The molecule has 22 heavy (non-hydrogen) atoms. The zero-order valence-corrected chi connectivity index (χ0v) is 13.5. The highest BCUT2D eigenvalue weighted by atomic mass is 35.5. The number of hydrogen-bond acceptors (Lipinski definition) is 3. The second kappa shape index (κ2) is 7.49. The van der Waals surface area contributed by atoms with E-state index in [4.69, 9.17) is 34.8 Å². The molecule has 0 heterocycles. The first-order valence-electron chi connectivity index (χ1n) is 6.20. The third kappa shape index (κ3) is 4.37. The van der Waals surface area contributed by atoms with Crippen LogP contribution in [0.1, 0.15) is 11.1 Å². The topological polar surface area (TPSA) is 61.7 Å². The maximum atomic E-state index is 11.8. The summed E-state index contributed by atoms with van der Waals surface area (Å²) >= 11 is 17.9. The highest BCUT2D eigenvalue weighted by Crippen LogP contribution is 2.29. The summed E-state index contributed by atoms with van der Waals surface area (Å²) in [6.07, 6.45) is 1.42. The Hall–Kier alpha value is -1.75. The van der Waals surface area contributed by atoms with E-state index in [9.17, 15) is 9.90 Å². The molecule has 4 nitrogen and oxygen atoms in total. The molecule has 7 heteroatoms. The zero-order chi connectivity index (χ0) is 16.1. The van der Waals surface area contributed by atoms with Gasteiger partial charge in [-0.2, -0.15) is 5.10 Å². The summed E-state index contributed by atoms with van der Waals surface area (Å²) in [5.74, 6) is -0.234. The average Bonchev–Trinajstić information content (AvgIpc) is 2.47. The van der Waals surface area contributed by atoms with Gasteiger partial charge in [-0.05, 0) is 29.8 Å². The molecule has 1 amide bonds. The van der Waals surface area contributed by atoms with E-state index in [1.807, 2.05) is 0 Å². The Balaban J connectivity index is 2.01. The van der Waals surface area contributed by atoms with Gasteiger partial charge in [0.15, 0.2) is 0 Å². The molecule has 0 spiro atoms. The number of aromatic hydroxyl groups is 1. The minimum atomic E-state index is -0.337. The van der Waals surface area contributed by atoms with Gasteiger partial charge < -0.3 is 5.11 Å². The van der Waals surface area contributed by atoms with E-state index in [0.29, 0.717) is 21.2 Å². The summed E-state index contributed by atoms with van der Waals surface area (Å²) in [6, 6.07) is 9.59. The van der Waals surface area contributed by atoms with Crippen molar-refractivity contribution in [1.82, 2.24) is 5.43 Å². The molecular weight excluding hydrogens is 347 g/mol. The SMILES string of the molecule is O=C(Cc1cccc(O)c1)NN=Cc1c(Cl)ccc(Cl)c1Cl. The number of hydrazone groups is 1. The molecule has 0 radical (unpaired) electrons. The molecule has 2 N–H and O–H groups in total. The first-order chi connectivity index (χ1) is 10.5. The fraction of sp³-hybridized carbons (Fsp3) is 0.0667. The summed E-state index contributed by atoms with van der Waals surface area (Å²) in [4.78, 5) is 11.8. The lowest BCUT2D eigenvalue weighted by molar-refractivity contribution is -0.120. The second-order valence-electron chi connectivity index (χ2n) is 4.40. The third-order valence-electron chi connectivity index (χ3n) is 2.74. The highest BCUT2D eigenvalue weighted by molar-refractivity contribution is 6.45. The van der Waals surface area contributed by atoms with Crippen molar-refractivity contribution >= 4 is 46.9 Å². The summed E-state index contributed by atoms with van der Waals surface area (Å²) in [5.41, 5.74) is 3.46. The Labute approximate surface area is 142 Å². The minimum absolute atomic E-state index is 0.0861. The number of phenols is 1. The van der Waals surface area contributed by atoms with Gasteiger partial charge in [-0.3, -0.25) is 4.79 Å². The molecule has 0 aliphatic rings. The molecule has 0 fully saturated rings. The first kappa shape index (κ1) is 16.6. The molecule has 0 aliphatic carbocycles. The van der Waals surface area contributed by atoms with Gasteiger partial charge in [0.05, 0.1) is 27.7 Å². The van der Waals surface area contributed by atoms with E-state index in [-0.39, 0.29) is 23.1 Å². The summed E-state index contributed by atoms with van der Waals surface area (Å²) in [7, 11) is 0. The lowest BCUT2D eigenvalue weighted by atomic mass is 10.1. The molecule has 0 saturated carbocycles. The molecule has 2 rings (SSSR count). The van der Waals surface area contributed by atoms with Gasteiger partial charge in [0, 0.05) is 5.56 Å². The van der Waals surface area contributed by atoms with Crippen molar-refractivity contribution in [3.8, 4) is 5.75 Å². The van der Waals surface area contributed by atoms with Crippen LogP contribution in [0.2, 0.25) is 15.1 Å². The number of carbonyl (C=O) groups is 1. The number of halogens is 3. The Bertz CT molecular complexity index is 733. The number of phenolic OH excluding ortho intramolecular Hbond substituents is 1. The summed E-state index contributed by atoms with van der Waals surface area (Å²) < 4.78 is 0. The van der Waals surface area contributed by atoms with Crippen molar-refractivity contribution < 1.29 is 9.90 Å². The number of nitrogens with one attached hydrogen (secondary N) is 1. The molecule has 0 atom stereocenters. The molecule has 0 aliphatic heterocycles. The zero-order valence-electron chi connectivity index (χ0n) is 11.2. The van der Waals surface area contributed by atoms with Crippen molar-refractivity contribution in [3.63, 3.8) is 0 Å². The molecule has 0 saturated heterocycles. The standard InChI is InChI=1S/C15H11Cl3N2O2/c16-12-4-5-13(17)15(18)11(12)8-19-20-14(22)7-9-2-1-3-10(21)6-9/h1-6,8,21H,7H2,(H,20,22). The molecule has 2 aromatic rings. The first-order valence-corrected chi connectivity index (χ1v) is 7.34. The number of rotatable bonds is 4. The Kier molecular flexibility index (Phi) is 5.66. The Morgan fingerprint density at radius 2 is 1.91 bits per heavy atom. The number of carbonyl (C=O) groups excluding carboxylic acids is 1. The Morgan fingerprint density at radius 3 is 2.64 bits per heavy atom. The van der Waals surface area contributed by atoms with Crippen LogP contribution < -0.4 is 5.43 Å². The van der Waals surface area contributed by atoms with Gasteiger partial charge >= 0.3 is 0 Å². The monoisotopic (exact) mass is 356 g/mol. The van der Waals surface area contributed by atoms with Crippen molar-refractivity contribution in [2.45, 2.75) is 6.42 Å². The normalized spacial score (nSPS) is 10.9. The Morgan fingerprint density at radius 1 is 1.18 bits per heavy atom. The van der Waals surface area contributed by atoms with Crippen molar-refractivity contribution in [2.75, 3.05) is 0 Å². The van der Waals surface area contributed by atoms with Gasteiger partial charge in [0.25, 0.3) is 0 Å². The lowest BCUT2D eigenvalue weighted by Crippen LogP contribution is -2.19. The molecular formula is C15H11Cl3N2O2. The van der Waals surface area contributed by atoms with Gasteiger partial charge in [-0.1, -0.05) is 46.9 Å². The largest absolute Gasteiger partial charge is 0.508 e. The molecule has 2 aromatic carbocycles. The van der Waals surface area contributed by atoms with Gasteiger partial charge in [0.1, 0.15) is 5.75 Å². The second-order valence-corrected chi connectivity index (χ2v) is 5.59. The number of amides is 1. The van der Waals surface area contributed by atoms with Gasteiger partial charge in [-0.25, -0.2) is 5.43 Å². The number of nitrogens with zero attached hydrogens (tertiary/aromatic N) is 1. The fourth-order valence-electron chi connectivity index (χ4n) is 1.72. The third-order valence-corrected chi connectivity index (χ3v) is 3.89. The van der Waals surface area contributed by atoms with Crippen molar-refractivity contribution in [1.29, 1.82) is 0 Å². The molecule has 114 valence electrons. The van der Waals surface area contributed by atoms with Crippen LogP contribution in [0.15, 0.2) is 41.5 Å². The van der Waals surface area contributed by atoms with Crippen molar-refractivity contribution in [3.05, 3.63) is 62.6 Å². The summed E-state index contributed by atoms with van der Waals surface area (Å²) in [6.45, 7) is 0. The van der Waals surface area contributed by atoms with Crippen LogP contribution in [0.5, 0.6) is 5.75 Å². The van der Waals surface area contributed by atoms with Crippen LogP contribution in [0, 0.1) is 0 Å². The van der Waals surface area contributed by atoms with Gasteiger partial charge in [0.2, 0.25) is 5.91 Å². The van der Waals surface area contributed by atoms with E-state index >= 15 is 0 Å². The van der Waals surface area contributed by atoms with Crippen LogP contribution >= 0.6 is 34.8 Å². The molecule has 0 bridgehead atoms. The average molecular weight is 358 g/mol. The van der Waals surface area contributed by atoms with Crippen LogP contribution in [-0.4, -0.2) is 17.2 Å². The molecule has 0 aromatic heterocycles. The fourth-order valence-corrected chi connectivity index (χ4v) is 2.35. The van der Waals surface area contributed by atoms with Crippen LogP contribution in [0.4, 0.5) is 0 Å². The number of hydrogen-bond donors (Lipinski definition) is 2. The maximum Gasteiger partial charge on any atom is 0.244 e. The number of benzene rings is 2. The predicted octanol–water partition coefficient (Wildman–Crippen LogP) is 4.05. The minimum Gasteiger partial charge on any atom is -0.508 e. The van der Waals surface area contributed by atoms with E-state index < -0.39 is 0 Å². The van der Waals surface area contributed by atoms with Gasteiger partial charge in [-0.15, -0.1) is 0 Å². The maximum absolute atomic E-state index is 11.8. The predicted molar refractivity (Wildman–Crippen MR) is 89.0 cm³/mol.